The first kappa shape index (κ1) is 9.36. The SMILES string of the molecule is C[C@@H]1C=CC(CC(F)(F)F)=CC1. The minimum Gasteiger partial charge on any atom is -0.171 e. The lowest BCUT2D eigenvalue weighted by Gasteiger charge is -2.13. The Bertz CT molecular complexity index is 210. The Morgan fingerprint density at radius 2 is 2.17 bits per heavy atom. The number of rotatable bonds is 1. The number of halogens is 3. The molecular weight excluding hydrogens is 165 g/mol. The largest absolute Gasteiger partial charge is 0.393 e. The highest BCUT2D eigenvalue weighted by atomic mass is 19.4. The third-order valence-corrected chi connectivity index (χ3v) is 1.80. The monoisotopic (exact) mass is 176 g/mol. The van der Waals surface area contributed by atoms with E-state index in [0.717, 1.165) is 6.42 Å². The van der Waals surface area contributed by atoms with Gasteiger partial charge in [0.25, 0.3) is 0 Å². The number of hydrogen-bond donors (Lipinski definition) is 0. The maximum Gasteiger partial charge on any atom is 0.393 e. The number of alkyl halides is 3. The Morgan fingerprint density at radius 3 is 2.58 bits per heavy atom. The zero-order valence-corrected chi connectivity index (χ0v) is 6.86. The predicted molar refractivity (Wildman–Crippen MR) is 41.7 cm³/mol. The van der Waals surface area contributed by atoms with Crippen LogP contribution in [0, 0.1) is 5.92 Å². The van der Waals surface area contributed by atoms with Crippen molar-refractivity contribution in [2.75, 3.05) is 0 Å². The summed E-state index contributed by atoms with van der Waals surface area (Å²) in [6, 6.07) is 0. The molecule has 0 aromatic rings. The molecule has 0 N–H and O–H groups in total. The van der Waals surface area contributed by atoms with E-state index >= 15 is 0 Å². The van der Waals surface area contributed by atoms with Crippen LogP contribution in [0.25, 0.3) is 0 Å². The molecule has 1 aliphatic carbocycles. The van der Waals surface area contributed by atoms with Gasteiger partial charge in [0.15, 0.2) is 0 Å². The molecule has 0 fully saturated rings. The fourth-order valence-corrected chi connectivity index (χ4v) is 1.13. The van der Waals surface area contributed by atoms with E-state index in [4.69, 9.17) is 0 Å². The van der Waals surface area contributed by atoms with Gasteiger partial charge in [-0.25, -0.2) is 0 Å². The van der Waals surface area contributed by atoms with Crippen LogP contribution in [-0.4, -0.2) is 6.18 Å². The minimum atomic E-state index is -4.07. The van der Waals surface area contributed by atoms with E-state index < -0.39 is 12.6 Å². The summed E-state index contributed by atoms with van der Waals surface area (Å²) in [4.78, 5) is 0. The maximum atomic E-state index is 11.9. The van der Waals surface area contributed by atoms with Crippen molar-refractivity contribution < 1.29 is 13.2 Å². The predicted octanol–water partition coefficient (Wildman–Crippen LogP) is 3.46. The van der Waals surface area contributed by atoms with Gasteiger partial charge in [-0.1, -0.05) is 25.2 Å². The van der Waals surface area contributed by atoms with Crippen LogP contribution in [0.15, 0.2) is 23.8 Å². The summed E-state index contributed by atoms with van der Waals surface area (Å²) < 4.78 is 35.6. The van der Waals surface area contributed by atoms with E-state index in [2.05, 4.69) is 0 Å². The Labute approximate surface area is 69.8 Å². The van der Waals surface area contributed by atoms with Crippen LogP contribution in [-0.2, 0) is 0 Å². The second-order valence-electron chi connectivity index (χ2n) is 3.14. The molecule has 12 heavy (non-hydrogen) atoms. The molecule has 1 aliphatic rings. The van der Waals surface area contributed by atoms with E-state index in [1.807, 2.05) is 13.0 Å². The molecule has 0 nitrogen and oxygen atoms in total. The van der Waals surface area contributed by atoms with Gasteiger partial charge in [-0.15, -0.1) is 0 Å². The third kappa shape index (κ3) is 3.11. The summed E-state index contributed by atoms with van der Waals surface area (Å²) in [5.41, 5.74) is 0.389. The summed E-state index contributed by atoms with van der Waals surface area (Å²) in [6.45, 7) is 1.98. The van der Waals surface area contributed by atoms with Gasteiger partial charge in [0.1, 0.15) is 0 Å². The molecule has 0 aromatic carbocycles. The molecule has 0 aliphatic heterocycles. The lowest BCUT2D eigenvalue weighted by Crippen LogP contribution is -2.09. The first-order valence-corrected chi connectivity index (χ1v) is 3.91. The van der Waals surface area contributed by atoms with Crippen LogP contribution in [0.2, 0.25) is 0 Å². The van der Waals surface area contributed by atoms with Crippen LogP contribution in [0.4, 0.5) is 13.2 Å². The molecule has 1 atom stereocenters. The van der Waals surface area contributed by atoms with Gasteiger partial charge in [-0.3, -0.25) is 0 Å². The van der Waals surface area contributed by atoms with Crippen LogP contribution >= 0.6 is 0 Å². The highest BCUT2D eigenvalue weighted by molar-refractivity contribution is 5.23. The molecule has 0 heterocycles. The van der Waals surface area contributed by atoms with Crippen molar-refractivity contribution in [2.45, 2.75) is 25.9 Å². The van der Waals surface area contributed by atoms with Crippen molar-refractivity contribution in [3.05, 3.63) is 23.8 Å². The lowest BCUT2D eigenvalue weighted by atomic mass is 9.97. The second-order valence-corrected chi connectivity index (χ2v) is 3.14. The van der Waals surface area contributed by atoms with Crippen LogP contribution < -0.4 is 0 Å². The van der Waals surface area contributed by atoms with Crippen molar-refractivity contribution in [3.63, 3.8) is 0 Å². The smallest absolute Gasteiger partial charge is 0.171 e. The van der Waals surface area contributed by atoms with Gasteiger partial charge in [-0.2, -0.15) is 13.2 Å². The van der Waals surface area contributed by atoms with Crippen molar-refractivity contribution in [2.24, 2.45) is 5.92 Å². The van der Waals surface area contributed by atoms with Gasteiger partial charge in [-0.05, 0) is 17.9 Å². The van der Waals surface area contributed by atoms with Crippen molar-refractivity contribution >= 4 is 0 Å². The summed E-state index contributed by atoms with van der Waals surface area (Å²) in [5, 5.41) is 0. The fourth-order valence-electron chi connectivity index (χ4n) is 1.13. The lowest BCUT2D eigenvalue weighted by molar-refractivity contribution is -0.126. The van der Waals surface area contributed by atoms with Crippen molar-refractivity contribution in [3.8, 4) is 0 Å². The van der Waals surface area contributed by atoms with Gasteiger partial charge in [0.05, 0.1) is 6.42 Å². The zero-order chi connectivity index (χ0) is 9.19. The van der Waals surface area contributed by atoms with Gasteiger partial charge < -0.3 is 0 Å². The fraction of sp³-hybridized carbons (Fsp3) is 0.556. The molecule has 0 unspecified atom stereocenters. The first-order chi connectivity index (χ1) is 5.47. The number of hydrogen-bond acceptors (Lipinski definition) is 0. The van der Waals surface area contributed by atoms with Crippen molar-refractivity contribution in [1.82, 2.24) is 0 Å². The summed E-state index contributed by atoms with van der Waals surface area (Å²) in [6.07, 6.45) is 0.912. The molecule has 0 bridgehead atoms. The Balaban J connectivity index is 2.51. The topological polar surface area (TPSA) is 0 Å². The van der Waals surface area contributed by atoms with E-state index in [1.165, 1.54) is 0 Å². The summed E-state index contributed by atoms with van der Waals surface area (Å²) >= 11 is 0. The standard InChI is InChI=1S/C9H11F3/c1-7-2-4-8(5-3-7)6-9(10,11)12/h2,4-5,7H,3,6H2,1H3/t7-/m1/s1. The van der Waals surface area contributed by atoms with Gasteiger partial charge in [0, 0.05) is 0 Å². The number of allylic oxidation sites excluding steroid dienone is 4. The van der Waals surface area contributed by atoms with E-state index in [0.29, 0.717) is 11.5 Å². The summed E-state index contributed by atoms with van der Waals surface area (Å²) in [7, 11) is 0. The van der Waals surface area contributed by atoms with Crippen molar-refractivity contribution in [1.29, 1.82) is 0 Å². The maximum absolute atomic E-state index is 11.9. The Kier molecular flexibility index (Phi) is 2.60. The normalized spacial score (nSPS) is 24.0. The quantitative estimate of drug-likeness (QED) is 0.574. The van der Waals surface area contributed by atoms with E-state index in [1.54, 1.807) is 12.2 Å². The van der Waals surface area contributed by atoms with Crippen LogP contribution in [0.1, 0.15) is 19.8 Å². The molecular formula is C9H11F3. The second kappa shape index (κ2) is 3.33. The zero-order valence-electron chi connectivity index (χ0n) is 6.86. The highest BCUT2D eigenvalue weighted by Crippen LogP contribution is 2.28. The molecule has 0 aromatic heterocycles. The first-order valence-electron chi connectivity index (χ1n) is 3.91. The van der Waals surface area contributed by atoms with Crippen LogP contribution in [0.5, 0.6) is 0 Å². The minimum absolute atomic E-state index is 0.377. The average molecular weight is 176 g/mol. The molecule has 0 amide bonds. The van der Waals surface area contributed by atoms with E-state index in [-0.39, 0.29) is 0 Å². The molecule has 3 heteroatoms. The van der Waals surface area contributed by atoms with Crippen LogP contribution in [0.3, 0.4) is 0 Å². The Hall–Kier alpha value is -0.730. The molecule has 0 saturated heterocycles. The molecule has 0 saturated carbocycles. The van der Waals surface area contributed by atoms with Gasteiger partial charge in [0.2, 0.25) is 0 Å². The Morgan fingerprint density at radius 1 is 1.50 bits per heavy atom. The van der Waals surface area contributed by atoms with E-state index in [9.17, 15) is 13.2 Å². The average Bonchev–Trinajstić information content (AvgIpc) is 1.91. The molecule has 1 rings (SSSR count). The summed E-state index contributed by atoms with van der Waals surface area (Å²) in [5.74, 6) is 0.377. The molecule has 68 valence electrons. The molecule has 0 radical (unpaired) electrons. The molecule has 0 spiro atoms. The van der Waals surface area contributed by atoms with Gasteiger partial charge >= 0.3 is 6.18 Å². The highest BCUT2D eigenvalue weighted by Gasteiger charge is 2.28. The third-order valence-electron chi connectivity index (χ3n) is 1.80.